The number of nitrogens with one attached hydrogen (secondary N) is 1. The molecule has 3 heterocycles. The van der Waals surface area contributed by atoms with Gasteiger partial charge >= 0.3 is 6.09 Å². The van der Waals surface area contributed by atoms with Gasteiger partial charge in [-0.15, -0.1) is 0 Å². The first-order chi connectivity index (χ1) is 12.5. The number of nitrogens with two attached hydrogens (primary N) is 1. The minimum atomic E-state index is -0.567. The van der Waals surface area contributed by atoms with Crippen LogP contribution in [-0.4, -0.2) is 71.6 Å². The van der Waals surface area contributed by atoms with Gasteiger partial charge in [-0.2, -0.15) is 0 Å². The van der Waals surface area contributed by atoms with E-state index in [4.69, 9.17) is 10.5 Å². The highest BCUT2D eigenvalue weighted by atomic mass is 32.1. The van der Waals surface area contributed by atoms with Crippen molar-refractivity contribution in [3.63, 3.8) is 0 Å². The van der Waals surface area contributed by atoms with Crippen molar-refractivity contribution >= 4 is 23.3 Å². The number of rotatable bonds is 4. The Balaban J connectivity index is 1.71. The molecule has 144 valence electrons. The number of hydrogen-bond donors (Lipinski definition) is 2. The first-order valence-corrected chi connectivity index (χ1v) is 9.96. The molecule has 1 aromatic heterocycles. The van der Waals surface area contributed by atoms with Gasteiger partial charge in [0.15, 0.2) is 0 Å². The minimum absolute atomic E-state index is 0.135. The number of aromatic nitrogens is 1. The van der Waals surface area contributed by atoms with Crippen LogP contribution in [0.25, 0.3) is 0 Å². The van der Waals surface area contributed by atoms with Crippen LogP contribution in [0.3, 0.4) is 0 Å². The number of nitrogens with zero attached hydrogens (tertiary/aromatic N) is 3. The Bertz CT molecular complexity index is 644. The minimum Gasteiger partial charge on any atom is -0.381 e. The summed E-state index contributed by atoms with van der Waals surface area (Å²) in [6.07, 6.45) is 3.08. The molecule has 2 fully saturated rings. The maximum absolute atomic E-state index is 12.8. The van der Waals surface area contributed by atoms with Crippen molar-refractivity contribution in [3.8, 4) is 5.19 Å². The molecule has 0 aromatic carbocycles. The molecule has 0 aliphatic carbocycles. The Morgan fingerprint density at radius 1 is 1.35 bits per heavy atom. The molecule has 1 atom stereocenters. The van der Waals surface area contributed by atoms with Crippen LogP contribution >= 0.6 is 11.3 Å². The zero-order chi connectivity index (χ0) is 18.7. The van der Waals surface area contributed by atoms with Crippen LogP contribution in [0.4, 0.5) is 4.79 Å². The second-order valence-corrected chi connectivity index (χ2v) is 8.15. The molecular weight excluding hydrogens is 354 g/mol. The molecule has 2 aliphatic rings. The summed E-state index contributed by atoms with van der Waals surface area (Å²) in [5, 5.41) is 3.55. The Morgan fingerprint density at radius 2 is 2.08 bits per heavy atom. The number of carbonyl (C=O) groups is 2. The molecule has 2 aliphatic heterocycles. The lowest BCUT2D eigenvalue weighted by atomic mass is 9.87. The molecule has 2 amide bonds. The van der Waals surface area contributed by atoms with E-state index >= 15 is 0 Å². The average molecular weight is 382 g/mol. The van der Waals surface area contributed by atoms with E-state index in [9.17, 15) is 9.59 Å². The first-order valence-electron chi connectivity index (χ1n) is 9.14. The highest BCUT2D eigenvalue weighted by Crippen LogP contribution is 2.27. The first kappa shape index (κ1) is 19.1. The summed E-state index contributed by atoms with van der Waals surface area (Å²) in [6, 6.07) is 0.589. The second-order valence-electron chi connectivity index (χ2n) is 7.16. The van der Waals surface area contributed by atoms with E-state index in [-0.39, 0.29) is 22.2 Å². The van der Waals surface area contributed by atoms with Gasteiger partial charge in [0.25, 0.3) is 11.1 Å². The third-order valence-corrected chi connectivity index (χ3v) is 6.13. The Morgan fingerprint density at radius 3 is 2.69 bits per heavy atom. The van der Waals surface area contributed by atoms with E-state index in [1.807, 2.05) is 4.90 Å². The summed E-state index contributed by atoms with van der Waals surface area (Å²) >= 11 is 1.000. The quantitative estimate of drug-likeness (QED) is 0.811. The Kier molecular flexibility index (Phi) is 6.10. The van der Waals surface area contributed by atoms with Crippen LogP contribution in [0.2, 0.25) is 0 Å². The summed E-state index contributed by atoms with van der Waals surface area (Å²) in [6.45, 7) is 8.68. The molecule has 0 spiro atoms. The van der Waals surface area contributed by atoms with E-state index in [2.05, 4.69) is 29.0 Å². The summed E-state index contributed by atoms with van der Waals surface area (Å²) in [7, 11) is 0. The number of hydrogen-bond acceptors (Lipinski definition) is 7. The number of ether oxygens (including phenoxy) is 1. The van der Waals surface area contributed by atoms with Crippen molar-refractivity contribution < 1.29 is 14.3 Å². The van der Waals surface area contributed by atoms with E-state index < -0.39 is 5.91 Å². The van der Waals surface area contributed by atoms with Crippen molar-refractivity contribution in [2.45, 2.75) is 38.8 Å². The van der Waals surface area contributed by atoms with Crippen LogP contribution < -0.4 is 15.8 Å². The zero-order valence-electron chi connectivity index (χ0n) is 15.3. The standard InChI is InChI=1S/C17H27N5O3S/c1-11(2)21-7-8-22(13(10-21)12-3-5-19-6-4-12)17(24)25-16-20-9-14(26-16)15(18)23/h9,11-13,19H,3-8,10H2,1-2H3,(H2,18,23). The monoisotopic (exact) mass is 381 g/mol. The van der Waals surface area contributed by atoms with Crippen LogP contribution in [0.15, 0.2) is 6.20 Å². The summed E-state index contributed by atoms with van der Waals surface area (Å²) in [5.41, 5.74) is 5.23. The lowest BCUT2D eigenvalue weighted by Crippen LogP contribution is -2.60. The molecule has 8 nitrogen and oxygen atoms in total. The van der Waals surface area contributed by atoms with Crippen molar-refractivity contribution in [2.24, 2.45) is 11.7 Å². The fourth-order valence-electron chi connectivity index (χ4n) is 3.71. The van der Waals surface area contributed by atoms with Gasteiger partial charge in [0.05, 0.1) is 12.2 Å². The van der Waals surface area contributed by atoms with Crippen molar-refractivity contribution in [3.05, 3.63) is 11.1 Å². The van der Waals surface area contributed by atoms with Gasteiger partial charge < -0.3 is 20.7 Å². The van der Waals surface area contributed by atoms with Gasteiger partial charge in [-0.1, -0.05) is 11.3 Å². The van der Waals surface area contributed by atoms with Crippen LogP contribution in [0.1, 0.15) is 36.4 Å². The van der Waals surface area contributed by atoms with Crippen LogP contribution in [0.5, 0.6) is 5.19 Å². The second kappa shape index (κ2) is 8.32. The van der Waals surface area contributed by atoms with Gasteiger partial charge in [-0.25, -0.2) is 9.78 Å². The molecule has 1 aromatic rings. The number of thiazole rings is 1. The van der Waals surface area contributed by atoms with Crippen LogP contribution in [-0.2, 0) is 0 Å². The molecule has 0 bridgehead atoms. The summed E-state index contributed by atoms with van der Waals surface area (Å²) in [4.78, 5) is 32.5. The topological polar surface area (TPSA) is 101 Å². The molecular formula is C17H27N5O3S. The third kappa shape index (κ3) is 4.33. The molecule has 0 saturated carbocycles. The van der Waals surface area contributed by atoms with Crippen LogP contribution in [0, 0.1) is 5.92 Å². The van der Waals surface area contributed by atoms with E-state index in [0.29, 0.717) is 18.5 Å². The van der Waals surface area contributed by atoms with Gasteiger partial charge in [-0.3, -0.25) is 9.69 Å². The molecule has 1 unspecified atom stereocenters. The van der Waals surface area contributed by atoms with Crippen molar-refractivity contribution in [2.75, 3.05) is 32.7 Å². The van der Waals surface area contributed by atoms with E-state index in [0.717, 1.165) is 50.4 Å². The maximum atomic E-state index is 12.8. The third-order valence-electron chi connectivity index (χ3n) is 5.24. The number of piperazine rings is 1. The van der Waals surface area contributed by atoms with E-state index in [1.165, 1.54) is 6.20 Å². The fraction of sp³-hybridized carbons (Fsp3) is 0.706. The zero-order valence-corrected chi connectivity index (χ0v) is 16.1. The largest absolute Gasteiger partial charge is 0.417 e. The van der Waals surface area contributed by atoms with Gasteiger partial charge in [0, 0.05) is 25.7 Å². The van der Waals surface area contributed by atoms with Gasteiger partial charge in [0.1, 0.15) is 4.88 Å². The summed E-state index contributed by atoms with van der Waals surface area (Å²) in [5.74, 6) is -0.106. The van der Waals surface area contributed by atoms with Crippen molar-refractivity contribution in [1.82, 2.24) is 20.1 Å². The highest BCUT2D eigenvalue weighted by molar-refractivity contribution is 7.15. The predicted octanol–water partition coefficient (Wildman–Crippen LogP) is 1.14. The maximum Gasteiger partial charge on any atom is 0.417 e. The number of primary amides is 1. The van der Waals surface area contributed by atoms with Gasteiger partial charge in [-0.05, 0) is 45.7 Å². The molecule has 26 heavy (non-hydrogen) atoms. The Labute approximate surface area is 157 Å². The normalized spacial score (nSPS) is 22.6. The molecule has 3 rings (SSSR count). The van der Waals surface area contributed by atoms with Crippen molar-refractivity contribution in [1.29, 1.82) is 0 Å². The predicted molar refractivity (Wildman–Crippen MR) is 99.5 cm³/mol. The molecule has 3 N–H and O–H groups in total. The Hall–Kier alpha value is -1.71. The number of piperidine rings is 1. The number of amides is 2. The lowest BCUT2D eigenvalue weighted by molar-refractivity contribution is 0.0272. The van der Waals surface area contributed by atoms with E-state index in [1.54, 1.807) is 0 Å². The molecule has 2 saturated heterocycles. The fourth-order valence-corrected chi connectivity index (χ4v) is 4.33. The molecule has 0 radical (unpaired) electrons. The van der Waals surface area contributed by atoms with Gasteiger partial charge in [0.2, 0.25) is 0 Å². The highest BCUT2D eigenvalue weighted by Gasteiger charge is 2.38. The SMILES string of the molecule is CC(C)N1CCN(C(=O)Oc2ncc(C(N)=O)s2)C(C2CCNCC2)C1. The molecule has 9 heteroatoms. The summed E-state index contributed by atoms with van der Waals surface area (Å²) < 4.78 is 5.45. The average Bonchev–Trinajstić information content (AvgIpc) is 3.10. The number of carbonyl (C=O) groups excluding carboxylic acids is 2. The smallest absolute Gasteiger partial charge is 0.381 e. The lowest BCUT2D eigenvalue weighted by Gasteiger charge is -2.46.